The van der Waals surface area contributed by atoms with Gasteiger partial charge in [-0.15, -0.1) is 0 Å². The number of carbonyl (C=O) groups excluding carboxylic acids is 1. The number of ketones is 1. The molecular weight excluding hydrogens is 480 g/mol. The number of hydrogen-bond acceptors (Lipinski definition) is 8. The molecule has 8 heteroatoms. The zero-order valence-electron chi connectivity index (χ0n) is 22.0. The van der Waals surface area contributed by atoms with Crippen molar-refractivity contribution in [3.05, 3.63) is 42.0 Å². The second kappa shape index (κ2) is 12.6. The average molecular weight is 523 g/mol. The fourth-order valence-corrected chi connectivity index (χ4v) is 6.96. The number of nitrogens with two attached hydrogens (primary N) is 2. The lowest BCUT2D eigenvalue weighted by atomic mass is 9.95. The highest BCUT2D eigenvalue weighted by molar-refractivity contribution is 7.99. The molecule has 0 aromatic heterocycles. The van der Waals surface area contributed by atoms with E-state index < -0.39 is 0 Å². The molecule has 3 aliphatic rings. The van der Waals surface area contributed by atoms with Gasteiger partial charge in [0.15, 0.2) is 5.78 Å². The van der Waals surface area contributed by atoms with Gasteiger partial charge in [-0.1, -0.05) is 31.0 Å². The van der Waals surface area contributed by atoms with Crippen molar-refractivity contribution in [2.75, 3.05) is 68.7 Å². The third-order valence-corrected chi connectivity index (χ3v) is 9.05. The van der Waals surface area contributed by atoms with Crippen LogP contribution in [-0.4, -0.2) is 75.6 Å². The van der Waals surface area contributed by atoms with Crippen LogP contribution in [0.15, 0.2) is 46.2 Å². The predicted molar refractivity (Wildman–Crippen MR) is 155 cm³/mol. The van der Waals surface area contributed by atoms with E-state index in [-0.39, 0.29) is 5.78 Å². The third kappa shape index (κ3) is 6.32. The highest BCUT2D eigenvalue weighted by Crippen LogP contribution is 2.49. The lowest BCUT2D eigenvalue weighted by Gasteiger charge is -2.37. The monoisotopic (exact) mass is 522 g/mol. The van der Waals surface area contributed by atoms with E-state index in [9.17, 15) is 4.79 Å². The van der Waals surface area contributed by atoms with E-state index in [2.05, 4.69) is 50.3 Å². The largest absolute Gasteiger partial charge is 0.369 e. The molecule has 0 bridgehead atoms. The molecule has 0 amide bonds. The van der Waals surface area contributed by atoms with Crippen LogP contribution in [0.5, 0.6) is 0 Å². The van der Waals surface area contributed by atoms with Crippen LogP contribution in [0.25, 0.3) is 0 Å². The Morgan fingerprint density at radius 3 is 2.35 bits per heavy atom. The van der Waals surface area contributed by atoms with Crippen molar-refractivity contribution in [1.29, 1.82) is 0 Å². The standard InChI is InChI=1S/C29H42N6OS/c30-11-4-13-35-25-9-7-22(27(36)21-32-23-5-2-1-3-6-23)19-28(25)37-29-20-24(8-10-26(29)35)34-17-15-33(14-12-31)16-18-34/h7-10,19-20,23,32H,1-6,11-18,21,30-31H2. The van der Waals surface area contributed by atoms with Gasteiger partial charge in [-0.25, -0.2) is 0 Å². The van der Waals surface area contributed by atoms with Gasteiger partial charge >= 0.3 is 0 Å². The van der Waals surface area contributed by atoms with Crippen LogP contribution in [0.3, 0.4) is 0 Å². The summed E-state index contributed by atoms with van der Waals surface area (Å²) in [5.41, 5.74) is 16.1. The van der Waals surface area contributed by atoms with Crippen molar-refractivity contribution in [3.63, 3.8) is 0 Å². The van der Waals surface area contributed by atoms with Crippen LogP contribution >= 0.6 is 11.8 Å². The highest BCUT2D eigenvalue weighted by Gasteiger charge is 2.26. The second-order valence-electron chi connectivity index (χ2n) is 10.5. The van der Waals surface area contributed by atoms with E-state index in [1.165, 1.54) is 54.1 Å². The minimum absolute atomic E-state index is 0.178. The second-order valence-corrected chi connectivity index (χ2v) is 11.6. The molecule has 2 heterocycles. The number of anilines is 3. The number of nitrogens with one attached hydrogen (secondary N) is 1. The number of carbonyl (C=O) groups is 1. The molecule has 2 fully saturated rings. The molecule has 2 aromatic carbocycles. The Kier molecular flexibility index (Phi) is 9.05. The normalized spacial score (nSPS) is 18.5. The topological polar surface area (TPSA) is 90.9 Å². The SMILES string of the molecule is NCCCN1c2ccc(C(=O)CNC3CCCCC3)cc2Sc2cc(N3CCN(CCN)CC3)ccc21. The summed E-state index contributed by atoms with van der Waals surface area (Å²) in [6.07, 6.45) is 7.15. The summed E-state index contributed by atoms with van der Waals surface area (Å²) in [5, 5.41) is 3.51. The maximum absolute atomic E-state index is 13.1. The first kappa shape index (κ1) is 26.5. The Hall–Kier alpha value is -2.10. The van der Waals surface area contributed by atoms with Gasteiger partial charge in [0, 0.05) is 72.9 Å². The zero-order chi connectivity index (χ0) is 25.6. The summed E-state index contributed by atoms with van der Waals surface area (Å²) in [6, 6.07) is 13.6. The molecule has 2 aromatic rings. The van der Waals surface area contributed by atoms with Gasteiger partial charge in [0.2, 0.25) is 0 Å². The van der Waals surface area contributed by atoms with Gasteiger partial charge in [0.1, 0.15) is 0 Å². The molecule has 5 N–H and O–H groups in total. The van der Waals surface area contributed by atoms with Crippen molar-refractivity contribution in [1.82, 2.24) is 10.2 Å². The number of nitrogens with zero attached hydrogens (tertiary/aromatic N) is 3. The molecule has 1 saturated heterocycles. The first-order valence-corrected chi connectivity index (χ1v) is 14.9. The lowest BCUT2D eigenvalue weighted by molar-refractivity contribution is 0.0984. The number of benzene rings is 2. The Morgan fingerprint density at radius 1 is 0.892 bits per heavy atom. The van der Waals surface area contributed by atoms with Crippen LogP contribution in [0.1, 0.15) is 48.9 Å². The van der Waals surface area contributed by atoms with Crippen molar-refractivity contribution < 1.29 is 4.79 Å². The Morgan fingerprint density at radius 2 is 1.62 bits per heavy atom. The lowest BCUT2D eigenvalue weighted by Crippen LogP contribution is -2.47. The van der Waals surface area contributed by atoms with E-state index >= 15 is 0 Å². The quantitative estimate of drug-likeness (QED) is 0.406. The van der Waals surface area contributed by atoms with Crippen molar-refractivity contribution in [2.24, 2.45) is 11.5 Å². The van der Waals surface area contributed by atoms with Gasteiger partial charge < -0.3 is 26.6 Å². The van der Waals surface area contributed by atoms with Crippen LogP contribution in [0.4, 0.5) is 17.1 Å². The molecule has 5 rings (SSSR count). The highest BCUT2D eigenvalue weighted by atomic mass is 32.2. The fourth-order valence-electron chi connectivity index (χ4n) is 5.79. The molecule has 200 valence electrons. The Balaban J connectivity index is 1.33. The maximum atomic E-state index is 13.1. The summed E-state index contributed by atoms with van der Waals surface area (Å²) >= 11 is 1.79. The Labute approximate surface area is 225 Å². The Bertz CT molecular complexity index is 1060. The molecule has 0 spiro atoms. The maximum Gasteiger partial charge on any atom is 0.176 e. The molecule has 2 aliphatic heterocycles. The molecule has 0 atom stereocenters. The van der Waals surface area contributed by atoms with Gasteiger partial charge in [0.05, 0.1) is 17.9 Å². The van der Waals surface area contributed by atoms with Crippen molar-refractivity contribution >= 4 is 34.6 Å². The fraction of sp³-hybridized carbons (Fsp3) is 0.552. The zero-order valence-corrected chi connectivity index (χ0v) is 22.8. The number of rotatable bonds is 10. The van der Waals surface area contributed by atoms with E-state index in [1.54, 1.807) is 11.8 Å². The molecule has 0 unspecified atom stereocenters. The van der Waals surface area contributed by atoms with Gasteiger partial charge in [-0.3, -0.25) is 9.69 Å². The van der Waals surface area contributed by atoms with Crippen molar-refractivity contribution in [3.8, 4) is 0 Å². The van der Waals surface area contributed by atoms with Crippen LogP contribution in [0.2, 0.25) is 0 Å². The average Bonchev–Trinajstić information content (AvgIpc) is 2.94. The van der Waals surface area contributed by atoms with Gasteiger partial charge in [-0.2, -0.15) is 0 Å². The smallest absolute Gasteiger partial charge is 0.176 e. The van der Waals surface area contributed by atoms with E-state index in [1.807, 2.05) is 6.07 Å². The molecule has 37 heavy (non-hydrogen) atoms. The minimum atomic E-state index is 0.178. The summed E-state index contributed by atoms with van der Waals surface area (Å²) in [7, 11) is 0. The first-order valence-electron chi connectivity index (χ1n) is 14.0. The van der Waals surface area contributed by atoms with E-state index in [0.29, 0.717) is 25.7 Å². The molecule has 7 nitrogen and oxygen atoms in total. The summed E-state index contributed by atoms with van der Waals surface area (Å²) < 4.78 is 0. The molecular formula is C29H42N6OS. The predicted octanol–water partition coefficient (Wildman–Crippen LogP) is 3.82. The number of hydrogen-bond donors (Lipinski definition) is 3. The molecule has 1 saturated carbocycles. The number of fused-ring (bicyclic) bond motifs is 2. The summed E-state index contributed by atoms with van der Waals surface area (Å²) in [5.74, 6) is 0.178. The van der Waals surface area contributed by atoms with Gasteiger partial charge in [0.25, 0.3) is 0 Å². The summed E-state index contributed by atoms with van der Waals surface area (Å²) in [6.45, 7) is 7.76. The summed E-state index contributed by atoms with van der Waals surface area (Å²) in [4.78, 5) is 22.8. The number of Topliss-reactive ketones (excluding diaryl/α,β-unsaturated/α-hetero) is 1. The van der Waals surface area contributed by atoms with Crippen molar-refractivity contribution in [2.45, 2.75) is 54.4 Å². The van der Waals surface area contributed by atoms with Crippen LogP contribution in [-0.2, 0) is 0 Å². The third-order valence-electron chi connectivity index (χ3n) is 7.95. The number of piperazine rings is 1. The molecule has 1 aliphatic carbocycles. The van der Waals surface area contributed by atoms with Gasteiger partial charge in [-0.05, 0) is 62.2 Å². The van der Waals surface area contributed by atoms with Crippen LogP contribution in [0, 0.1) is 0 Å². The van der Waals surface area contributed by atoms with E-state index in [0.717, 1.165) is 56.1 Å². The molecule has 0 radical (unpaired) electrons. The van der Waals surface area contributed by atoms with E-state index in [4.69, 9.17) is 11.5 Å². The van der Waals surface area contributed by atoms with Crippen LogP contribution < -0.4 is 26.6 Å². The minimum Gasteiger partial charge on any atom is -0.369 e. The first-order chi connectivity index (χ1) is 18.2.